The number of hydrogen-bond donors (Lipinski definition) is 1. The molecule has 1 nitrogen and oxygen atoms in total. The minimum Gasteiger partial charge on any atom is -0.384 e. The van der Waals surface area contributed by atoms with Crippen LogP contribution in [0.1, 0.15) is 22.8 Å². The molecule has 2 rings (SSSR count). The lowest BCUT2D eigenvalue weighted by Gasteiger charge is -2.15. The van der Waals surface area contributed by atoms with E-state index in [1.165, 1.54) is 0 Å². The number of alkyl halides is 3. The van der Waals surface area contributed by atoms with Crippen LogP contribution in [0.3, 0.4) is 0 Å². The van der Waals surface area contributed by atoms with Crippen molar-refractivity contribution in [3.8, 4) is 0 Å². The largest absolute Gasteiger partial charge is 0.419 e. The minimum atomic E-state index is -4.92. The summed E-state index contributed by atoms with van der Waals surface area (Å²) in [7, 11) is 0. The van der Waals surface area contributed by atoms with E-state index in [1.807, 2.05) is 0 Å². The van der Waals surface area contributed by atoms with E-state index < -0.39 is 35.3 Å². The summed E-state index contributed by atoms with van der Waals surface area (Å²) >= 11 is 0. The number of halogens is 6. The van der Waals surface area contributed by atoms with Crippen molar-refractivity contribution >= 4 is 0 Å². The van der Waals surface area contributed by atoms with Crippen molar-refractivity contribution < 1.29 is 31.4 Å². The highest BCUT2D eigenvalue weighted by molar-refractivity contribution is 5.34. The highest BCUT2D eigenvalue weighted by Crippen LogP contribution is 2.34. The maximum Gasteiger partial charge on any atom is 0.419 e. The molecule has 0 spiro atoms. The van der Waals surface area contributed by atoms with Gasteiger partial charge in [0.05, 0.1) is 5.56 Å². The Hall–Kier alpha value is -2.02. The third-order valence-corrected chi connectivity index (χ3v) is 2.87. The monoisotopic (exact) mass is 306 g/mol. The van der Waals surface area contributed by atoms with Gasteiger partial charge >= 0.3 is 6.18 Å². The zero-order valence-electron chi connectivity index (χ0n) is 10.3. The third-order valence-electron chi connectivity index (χ3n) is 2.87. The molecule has 0 amide bonds. The van der Waals surface area contributed by atoms with Gasteiger partial charge in [-0.25, -0.2) is 13.2 Å². The van der Waals surface area contributed by atoms with Gasteiger partial charge in [-0.3, -0.25) is 0 Å². The molecule has 0 radical (unpaired) electrons. The summed E-state index contributed by atoms with van der Waals surface area (Å²) in [6, 6.07) is 4.36. The van der Waals surface area contributed by atoms with Gasteiger partial charge in [-0.15, -0.1) is 0 Å². The standard InChI is InChI=1S/C14H8F6O/c15-10-3-1-7(5-9(10)14(18,19)20)13(21)8-2-4-11(16)12(17)6-8/h1-6,13,21H. The van der Waals surface area contributed by atoms with Gasteiger partial charge in [-0.05, 0) is 35.4 Å². The molecule has 1 unspecified atom stereocenters. The van der Waals surface area contributed by atoms with Gasteiger partial charge in [0, 0.05) is 0 Å². The highest BCUT2D eigenvalue weighted by atomic mass is 19.4. The fraction of sp³-hybridized carbons (Fsp3) is 0.143. The number of aliphatic hydroxyl groups is 1. The molecule has 0 fully saturated rings. The first-order valence-electron chi connectivity index (χ1n) is 5.70. The van der Waals surface area contributed by atoms with Gasteiger partial charge in [0.1, 0.15) is 11.9 Å². The summed E-state index contributed by atoms with van der Waals surface area (Å²) in [6.45, 7) is 0. The molecule has 0 bridgehead atoms. The molecule has 1 atom stereocenters. The Morgan fingerprint density at radius 1 is 0.762 bits per heavy atom. The van der Waals surface area contributed by atoms with Gasteiger partial charge in [-0.2, -0.15) is 13.2 Å². The van der Waals surface area contributed by atoms with Crippen LogP contribution in [0, 0.1) is 17.5 Å². The Balaban J connectivity index is 2.44. The van der Waals surface area contributed by atoms with E-state index in [-0.39, 0.29) is 11.1 Å². The van der Waals surface area contributed by atoms with Gasteiger partial charge in [0.15, 0.2) is 11.6 Å². The van der Waals surface area contributed by atoms with Crippen molar-refractivity contribution in [2.75, 3.05) is 0 Å². The molecule has 0 saturated heterocycles. The van der Waals surface area contributed by atoms with Crippen LogP contribution < -0.4 is 0 Å². The molecular formula is C14H8F6O. The molecule has 0 aliphatic heterocycles. The first-order valence-corrected chi connectivity index (χ1v) is 5.70. The van der Waals surface area contributed by atoms with Gasteiger partial charge in [0.25, 0.3) is 0 Å². The van der Waals surface area contributed by atoms with E-state index in [4.69, 9.17) is 0 Å². The quantitative estimate of drug-likeness (QED) is 0.824. The topological polar surface area (TPSA) is 20.2 Å². The Bertz CT molecular complexity index is 665. The first kappa shape index (κ1) is 15.4. The summed E-state index contributed by atoms with van der Waals surface area (Å²) in [6.07, 6.45) is -6.56. The fourth-order valence-corrected chi connectivity index (χ4v) is 1.81. The average Bonchev–Trinajstić information content (AvgIpc) is 2.40. The maximum atomic E-state index is 13.1. The van der Waals surface area contributed by atoms with Crippen LogP contribution in [0.15, 0.2) is 36.4 Å². The molecule has 7 heteroatoms. The zero-order chi connectivity index (χ0) is 15.8. The number of aliphatic hydroxyl groups excluding tert-OH is 1. The molecule has 2 aromatic rings. The van der Waals surface area contributed by atoms with E-state index >= 15 is 0 Å². The summed E-state index contributed by atoms with van der Waals surface area (Å²) in [5, 5.41) is 9.91. The average molecular weight is 306 g/mol. The van der Waals surface area contributed by atoms with Crippen molar-refractivity contribution in [2.24, 2.45) is 0 Å². The van der Waals surface area contributed by atoms with E-state index in [9.17, 15) is 31.4 Å². The summed E-state index contributed by atoms with van der Waals surface area (Å²) < 4.78 is 76.7. The molecule has 0 heterocycles. The lowest BCUT2D eigenvalue weighted by Crippen LogP contribution is -2.10. The van der Waals surface area contributed by atoms with Gasteiger partial charge in [-0.1, -0.05) is 12.1 Å². The van der Waals surface area contributed by atoms with Crippen molar-refractivity contribution in [2.45, 2.75) is 12.3 Å². The van der Waals surface area contributed by atoms with Gasteiger partial charge < -0.3 is 5.11 Å². The van der Waals surface area contributed by atoms with Crippen molar-refractivity contribution in [3.05, 3.63) is 70.5 Å². The predicted molar refractivity (Wildman–Crippen MR) is 61.8 cm³/mol. The van der Waals surface area contributed by atoms with E-state index in [1.54, 1.807) is 0 Å². The third kappa shape index (κ3) is 3.18. The first-order chi connectivity index (χ1) is 9.70. The molecule has 0 aliphatic rings. The molecule has 2 aromatic carbocycles. The highest BCUT2D eigenvalue weighted by Gasteiger charge is 2.34. The Labute approximate surface area is 115 Å². The Morgan fingerprint density at radius 2 is 1.29 bits per heavy atom. The fourth-order valence-electron chi connectivity index (χ4n) is 1.81. The number of hydrogen-bond acceptors (Lipinski definition) is 1. The lowest BCUT2D eigenvalue weighted by molar-refractivity contribution is -0.140. The lowest BCUT2D eigenvalue weighted by atomic mass is 9.99. The summed E-state index contributed by atoms with van der Waals surface area (Å²) in [5.74, 6) is -3.88. The van der Waals surface area contributed by atoms with E-state index in [0.29, 0.717) is 18.2 Å². The summed E-state index contributed by atoms with van der Waals surface area (Å²) in [5.41, 5.74) is -1.97. The normalized spacial score (nSPS) is 13.3. The van der Waals surface area contributed by atoms with Crippen LogP contribution in [-0.2, 0) is 6.18 Å². The maximum absolute atomic E-state index is 13.1. The van der Waals surface area contributed by atoms with Crippen molar-refractivity contribution in [1.29, 1.82) is 0 Å². The second-order valence-electron chi connectivity index (χ2n) is 4.31. The second-order valence-corrected chi connectivity index (χ2v) is 4.31. The van der Waals surface area contributed by atoms with E-state index in [2.05, 4.69) is 0 Å². The summed E-state index contributed by atoms with van der Waals surface area (Å²) in [4.78, 5) is 0. The minimum absolute atomic E-state index is 0.145. The van der Waals surface area contributed by atoms with Gasteiger partial charge in [0.2, 0.25) is 0 Å². The van der Waals surface area contributed by atoms with Crippen LogP contribution in [-0.4, -0.2) is 5.11 Å². The van der Waals surface area contributed by atoms with Crippen molar-refractivity contribution in [3.63, 3.8) is 0 Å². The number of benzene rings is 2. The molecule has 112 valence electrons. The molecule has 1 N–H and O–H groups in total. The molecule has 0 aromatic heterocycles. The Kier molecular flexibility index (Phi) is 3.95. The SMILES string of the molecule is OC(c1ccc(F)c(F)c1)c1ccc(F)c(C(F)(F)F)c1. The molecule has 0 saturated carbocycles. The molecular weight excluding hydrogens is 298 g/mol. The van der Waals surface area contributed by atoms with Crippen molar-refractivity contribution in [1.82, 2.24) is 0 Å². The van der Waals surface area contributed by atoms with E-state index in [0.717, 1.165) is 18.2 Å². The zero-order valence-corrected chi connectivity index (χ0v) is 10.3. The predicted octanol–water partition coefficient (Wildman–Crippen LogP) is 4.20. The number of rotatable bonds is 2. The second kappa shape index (κ2) is 5.40. The van der Waals surface area contributed by atoms with Crippen LogP contribution in [0.2, 0.25) is 0 Å². The van der Waals surface area contributed by atoms with Crippen LogP contribution in [0.4, 0.5) is 26.3 Å². The molecule has 21 heavy (non-hydrogen) atoms. The van der Waals surface area contributed by atoms with Crippen LogP contribution in [0.5, 0.6) is 0 Å². The molecule has 0 aliphatic carbocycles. The van der Waals surface area contributed by atoms with Crippen LogP contribution >= 0.6 is 0 Å². The smallest absolute Gasteiger partial charge is 0.384 e. The Morgan fingerprint density at radius 3 is 1.81 bits per heavy atom. The van der Waals surface area contributed by atoms with Crippen LogP contribution in [0.25, 0.3) is 0 Å².